The smallest absolute Gasteiger partial charge is 0.309 e. The molecule has 2 N–H and O–H groups in total. The first-order valence-electron chi connectivity index (χ1n) is 8.93. The van der Waals surface area contributed by atoms with Gasteiger partial charge in [-0.2, -0.15) is 0 Å². The van der Waals surface area contributed by atoms with Crippen molar-refractivity contribution in [1.29, 1.82) is 0 Å². The predicted octanol–water partition coefficient (Wildman–Crippen LogP) is 5.19. The third kappa shape index (κ3) is 2.57. The first-order valence-corrected chi connectivity index (χ1v) is 9.31. The van der Waals surface area contributed by atoms with Gasteiger partial charge in [0.2, 0.25) is 0 Å². The number of fused-ring (bicyclic) bond motifs is 3. The highest BCUT2D eigenvalue weighted by Gasteiger charge is 2.56. The monoisotopic (exact) mass is 363 g/mol. The topological polar surface area (TPSA) is 69.9 Å². The van der Waals surface area contributed by atoms with Crippen LogP contribution in [0.4, 0.5) is 0 Å². The second-order valence-corrected chi connectivity index (χ2v) is 8.78. The van der Waals surface area contributed by atoms with Gasteiger partial charge in [0.1, 0.15) is 0 Å². The minimum absolute atomic E-state index is 0.120. The fourth-order valence-corrected chi connectivity index (χ4v) is 5.43. The Morgan fingerprint density at radius 1 is 1.32 bits per heavy atom. The van der Waals surface area contributed by atoms with Crippen LogP contribution in [-0.4, -0.2) is 22.0 Å². The number of carboxylic acid groups (broad SMARTS) is 1. The Hall–Kier alpha value is -1.55. The molecule has 0 radical (unpaired) electrons. The molecule has 1 saturated carbocycles. The molecule has 1 aromatic rings. The van der Waals surface area contributed by atoms with E-state index in [0.29, 0.717) is 23.6 Å². The summed E-state index contributed by atoms with van der Waals surface area (Å²) in [5.74, 6) is -0.626. The number of hydrogen-bond donors (Lipinski definition) is 2. The molecular formula is C20H26ClNO3. The molecule has 2 aliphatic carbocycles. The lowest BCUT2D eigenvalue weighted by Gasteiger charge is -2.53. The van der Waals surface area contributed by atoms with E-state index >= 15 is 0 Å². The minimum Gasteiger partial charge on any atom is -0.481 e. The second kappa shape index (κ2) is 6.01. The third-order valence-electron chi connectivity index (χ3n) is 6.62. The van der Waals surface area contributed by atoms with Crippen LogP contribution in [0.2, 0.25) is 5.02 Å². The van der Waals surface area contributed by atoms with Crippen molar-refractivity contribution in [2.45, 2.75) is 64.7 Å². The van der Waals surface area contributed by atoms with E-state index in [1.165, 1.54) is 0 Å². The number of carboxylic acids is 1. The highest BCUT2D eigenvalue weighted by Crippen LogP contribution is 2.58. The molecule has 0 saturated heterocycles. The van der Waals surface area contributed by atoms with E-state index in [2.05, 4.69) is 25.9 Å². The molecule has 136 valence electrons. The number of benzene rings is 1. The van der Waals surface area contributed by atoms with Crippen LogP contribution in [0.25, 0.3) is 0 Å². The molecule has 0 spiro atoms. The molecular weight excluding hydrogens is 338 g/mol. The Morgan fingerprint density at radius 2 is 2.00 bits per heavy atom. The van der Waals surface area contributed by atoms with Crippen molar-refractivity contribution in [3.05, 3.63) is 33.8 Å². The number of halogens is 1. The van der Waals surface area contributed by atoms with Crippen molar-refractivity contribution in [2.75, 3.05) is 0 Å². The molecule has 3 atom stereocenters. The van der Waals surface area contributed by atoms with Crippen LogP contribution in [0.15, 0.2) is 17.3 Å². The molecule has 5 heteroatoms. The highest BCUT2D eigenvalue weighted by molar-refractivity contribution is 6.31. The fraction of sp³-hybridized carbons (Fsp3) is 0.600. The van der Waals surface area contributed by atoms with E-state index in [-0.39, 0.29) is 17.3 Å². The summed E-state index contributed by atoms with van der Waals surface area (Å²) in [6, 6.07) is 4.02. The van der Waals surface area contributed by atoms with Crippen molar-refractivity contribution < 1.29 is 15.1 Å². The van der Waals surface area contributed by atoms with Crippen LogP contribution in [-0.2, 0) is 10.2 Å². The zero-order valence-electron chi connectivity index (χ0n) is 15.3. The Balaban J connectivity index is 2.25. The van der Waals surface area contributed by atoms with Gasteiger partial charge in [-0.1, -0.05) is 43.9 Å². The summed E-state index contributed by atoms with van der Waals surface area (Å²) in [6.45, 7) is 8.15. The van der Waals surface area contributed by atoms with Crippen LogP contribution < -0.4 is 0 Å². The quantitative estimate of drug-likeness (QED) is 0.560. The number of oxime groups is 1. The summed E-state index contributed by atoms with van der Waals surface area (Å²) in [7, 11) is 0. The van der Waals surface area contributed by atoms with Crippen molar-refractivity contribution in [3.63, 3.8) is 0 Å². The number of aliphatic carboxylic acids is 1. The molecule has 0 amide bonds. The Bertz CT molecular complexity index is 758. The van der Waals surface area contributed by atoms with Gasteiger partial charge in [0.15, 0.2) is 0 Å². The number of rotatable bonds is 2. The van der Waals surface area contributed by atoms with Gasteiger partial charge in [-0.05, 0) is 66.7 Å². The largest absolute Gasteiger partial charge is 0.481 e. The number of hydrogen-bond acceptors (Lipinski definition) is 3. The molecule has 1 unspecified atom stereocenters. The van der Waals surface area contributed by atoms with E-state index in [1.54, 1.807) is 0 Å². The van der Waals surface area contributed by atoms with Gasteiger partial charge in [-0.15, -0.1) is 0 Å². The van der Waals surface area contributed by atoms with Gasteiger partial charge < -0.3 is 10.3 Å². The molecule has 2 aliphatic rings. The van der Waals surface area contributed by atoms with Gasteiger partial charge in [-0.3, -0.25) is 4.79 Å². The maximum absolute atomic E-state index is 12.1. The fourth-order valence-electron chi connectivity index (χ4n) is 5.05. The second-order valence-electron chi connectivity index (χ2n) is 8.37. The summed E-state index contributed by atoms with van der Waals surface area (Å²) in [4.78, 5) is 12.1. The molecule has 1 aromatic carbocycles. The van der Waals surface area contributed by atoms with Crippen LogP contribution in [0.3, 0.4) is 0 Å². The molecule has 25 heavy (non-hydrogen) atoms. The standard InChI is InChI=1S/C20H26ClNO3/c1-11(2)12-8-13-14(9-15(12)21)19(3)6-5-7-20(4,18(23)24)17(19)10-16(13)22-25/h8-9,11,17,25H,5-7,10H2,1-4H3,(H,23,24)/b22-16+/t17?,19-,20-/m1/s1. The first kappa shape index (κ1) is 18.2. The summed E-state index contributed by atoms with van der Waals surface area (Å²) in [6.07, 6.45) is 2.91. The van der Waals surface area contributed by atoms with Crippen molar-refractivity contribution in [2.24, 2.45) is 16.5 Å². The van der Waals surface area contributed by atoms with Gasteiger partial charge in [0.05, 0.1) is 11.1 Å². The Morgan fingerprint density at radius 3 is 2.56 bits per heavy atom. The van der Waals surface area contributed by atoms with Gasteiger partial charge in [0.25, 0.3) is 0 Å². The maximum atomic E-state index is 12.1. The zero-order chi connectivity index (χ0) is 18.6. The van der Waals surface area contributed by atoms with Crippen molar-refractivity contribution >= 4 is 23.3 Å². The molecule has 4 nitrogen and oxygen atoms in total. The zero-order valence-corrected chi connectivity index (χ0v) is 16.0. The average Bonchev–Trinajstić information content (AvgIpc) is 2.54. The van der Waals surface area contributed by atoms with Gasteiger partial charge >= 0.3 is 5.97 Å². The predicted molar refractivity (Wildman–Crippen MR) is 98.9 cm³/mol. The summed E-state index contributed by atoms with van der Waals surface area (Å²) < 4.78 is 0. The lowest BCUT2D eigenvalue weighted by molar-refractivity contribution is -0.156. The molecule has 0 bridgehead atoms. The van der Waals surface area contributed by atoms with E-state index in [9.17, 15) is 15.1 Å². The summed E-state index contributed by atoms with van der Waals surface area (Å²) in [5, 5.41) is 23.8. The van der Waals surface area contributed by atoms with E-state index in [1.807, 2.05) is 19.1 Å². The third-order valence-corrected chi connectivity index (χ3v) is 6.95. The van der Waals surface area contributed by atoms with Crippen LogP contribution in [0.5, 0.6) is 0 Å². The lowest BCUT2D eigenvalue weighted by Crippen LogP contribution is -2.53. The van der Waals surface area contributed by atoms with Crippen molar-refractivity contribution in [1.82, 2.24) is 0 Å². The van der Waals surface area contributed by atoms with E-state index < -0.39 is 11.4 Å². The highest BCUT2D eigenvalue weighted by atomic mass is 35.5. The summed E-state index contributed by atoms with van der Waals surface area (Å²) >= 11 is 6.56. The molecule has 1 fully saturated rings. The Kier molecular flexibility index (Phi) is 4.39. The minimum atomic E-state index is -0.830. The maximum Gasteiger partial charge on any atom is 0.309 e. The van der Waals surface area contributed by atoms with Crippen LogP contribution in [0.1, 0.15) is 76.0 Å². The molecule has 0 heterocycles. The molecule has 3 rings (SSSR count). The van der Waals surface area contributed by atoms with Crippen LogP contribution in [0, 0.1) is 11.3 Å². The average molecular weight is 364 g/mol. The normalized spacial score (nSPS) is 33.2. The SMILES string of the molecule is CC(C)c1cc2c(cc1Cl)[C@@]1(C)CCC[C@@](C)(C(=O)O)C1C/C2=N\O. The Labute approximate surface area is 153 Å². The molecule has 0 aliphatic heterocycles. The first-order chi connectivity index (χ1) is 11.6. The van der Waals surface area contributed by atoms with E-state index in [0.717, 1.165) is 29.5 Å². The lowest BCUT2D eigenvalue weighted by atomic mass is 9.49. The number of carbonyl (C=O) groups is 1. The number of nitrogens with zero attached hydrogens (tertiary/aromatic N) is 1. The summed E-state index contributed by atoms with van der Waals surface area (Å²) in [5.41, 5.74) is 2.44. The van der Waals surface area contributed by atoms with Crippen LogP contribution >= 0.6 is 11.6 Å². The van der Waals surface area contributed by atoms with Crippen molar-refractivity contribution in [3.8, 4) is 0 Å². The van der Waals surface area contributed by atoms with Gasteiger partial charge in [-0.25, -0.2) is 0 Å². The van der Waals surface area contributed by atoms with E-state index in [4.69, 9.17) is 11.6 Å². The molecule has 0 aromatic heterocycles. The van der Waals surface area contributed by atoms with Gasteiger partial charge in [0, 0.05) is 10.6 Å².